The van der Waals surface area contributed by atoms with Gasteiger partial charge in [-0.1, -0.05) is 29.3 Å². The molecule has 9 heteroatoms. The molecule has 1 fully saturated rings. The van der Waals surface area contributed by atoms with Crippen LogP contribution in [0, 0.1) is 0 Å². The van der Waals surface area contributed by atoms with Crippen LogP contribution in [-0.2, 0) is 6.18 Å². The maximum Gasteiger partial charge on any atom is 0.420 e. The van der Waals surface area contributed by atoms with E-state index in [4.69, 9.17) is 0 Å². The lowest BCUT2D eigenvalue weighted by molar-refractivity contribution is -0.138. The first-order valence-electron chi connectivity index (χ1n) is 7.39. The topological polar surface area (TPSA) is 35.5 Å². The Bertz CT molecular complexity index is 526. The third-order valence-electron chi connectivity index (χ3n) is 3.92. The number of hydrogen-bond donors (Lipinski definition) is 2. The number of nitrogens with zero attached hydrogens (tertiary/aromatic N) is 1. The van der Waals surface area contributed by atoms with E-state index in [9.17, 15) is 18.3 Å². The molecule has 0 radical (unpaired) electrons. The summed E-state index contributed by atoms with van der Waals surface area (Å²) in [6, 6.07) is 2.33. The van der Waals surface area contributed by atoms with Crippen LogP contribution in [0.4, 0.5) is 13.2 Å². The van der Waals surface area contributed by atoms with Gasteiger partial charge in [0.2, 0.25) is 0 Å². The zero-order valence-electron chi connectivity index (χ0n) is 13.2. The van der Waals surface area contributed by atoms with Gasteiger partial charge >= 0.3 is 6.18 Å². The zero-order chi connectivity index (χ0) is 16.3. The molecule has 3 nitrogen and oxygen atoms in total. The minimum absolute atomic E-state index is 0. The predicted octanol–water partition coefficient (Wildman–Crippen LogP) is 4.76. The molecule has 1 aliphatic rings. The summed E-state index contributed by atoms with van der Waals surface area (Å²) in [6.45, 7) is 5.13. The van der Waals surface area contributed by atoms with Gasteiger partial charge in [0.1, 0.15) is 5.75 Å². The number of rotatable bonds is 4. The molecule has 0 spiro atoms. The molecular formula is C15H22BrCl2F3N2O. The summed E-state index contributed by atoms with van der Waals surface area (Å²) in [4.78, 5) is 2.14. The molecule has 1 atom stereocenters. The van der Waals surface area contributed by atoms with E-state index < -0.39 is 17.5 Å². The fourth-order valence-electron chi connectivity index (χ4n) is 2.89. The lowest BCUT2D eigenvalue weighted by Crippen LogP contribution is -2.45. The largest absolute Gasteiger partial charge is 0.507 e. The van der Waals surface area contributed by atoms with Gasteiger partial charge in [-0.2, -0.15) is 13.2 Å². The zero-order valence-corrected chi connectivity index (χ0v) is 16.4. The molecule has 0 aromatic heterocycles. The quantitative estimate of drug-likeness (QED) is 0.689. The molecule has 24 heavy (non-hydrogen) atoms. The Balaban J connectivity index is 0.00000264. The molecule has 0 amide bonds. The standard InChI is InChI=1S/C15H20BrF3N2O.2ClH/c1-2-3-13(21-6-4-20-5-7-21)11-8-10(16)9-12(14(11)22)15(17,18)19;;/h8-9,13,20,22H,2-7H2,1H3;2*1H/t13-;;/m1../s1. The summed E-state index contributed by atoms with van der Waals surface area (Å²) in [5, 5.41) is 13.4. The summed E-state index contributed by atoms with van der Waals surface area (Å²) in [7, 11) is 0. The van der Waals surface area contributed by atoms with Crippen LogP contribution in [0.15, 0.2) is 16.6 Å². The van der Waals surface area contributed by atoms with E-state index in [1.165, 1.54) is 0 Å². The second-order valence-corrected chi connectivity index (χ2v) is 6.40. The van der Waals surface area contributed by atoms with E-state index in [1.807, 2.05) is 6.92 Å². The first-order valence-corrected chi connectivity index (χ1v) is 8.18. The fourth-order valence-corrected chi connectivity index (χ4v) is 3.37. The Morgan fingerprint density at radius 3 is 2.33 bits per heavy atom. The van der Waals surface area contributed by atoms with Crippen molar-refractivity contribution >= 4 is 40.7 Å². The van der Waals surface area contributed by atoms with Crippen LogP contribution < -0.4 is 5.32 Å². The molecule has 0 unspecified atom stereocenters. The molecule has 2 rings (SSSR count). The third-order valence-corrected chi connectivity index (χ3v) is 4.38. The molecule has 0 saturated carbocycles. The number of halogens is 6. The molecule has 140 valence electrons. The number of phenolic OH excluding ortho intramolecular Hbond substituents is 1. The summed E-state index contributed by atoms with van der Waals surface area (Å²) < 4.78 is 39.6. The normalized spacial score (nSPS) is 16.9. The predicted molar refractivity (Wildman–Crippen MR) is 97.4 cm³/mol. The van der Waals surface area contributed by atoms with Crippen LogP contribution in [0.25, 0.3) is 0 Å². The van der Waals surface area contributed by atoms with Crippen molar-refractivity contribution in [2.45, 2.75) is 32.0 Å². The average molecular weight is 454 g/mol. The Hall–Kier alpha value is -0.210. The first kappa shape index (κ1) is 23.8. The summed E-state index contributed by atoms with van der Waals surface area (Å²) in [5.41, 5.74) is -0.626. The van der Waals surface area contributed by atoms with Gasteiger partial charge in [0.15, 0.2) is 0 Å². The molecular weight excluding hydrogens is 432 g/mol. The van der Waals surface area contributed by atoms with Crippen molar-refractivity contribution in [3.05, 3.63) is 27.7 Å². The van der Waals surface area contributed by atoms with Gasteiger partial charge in [0.05, 0.1) is 5.56 Å². The van der Waals surface area contributed by atoms with Gasteiger partial charge < -0.3 is 10.4 Å². The Morgan fingerprint density at radius 1 is 1.25 bits per heavy atom. The highest BCUT2D eigenvalue weighted by Gasteiger charge is 2.37. The second kappa shape index (κ2) is 10.1. The van der Waals surface area contributed by atoms with Gasteiger partial charge in [-0.05, 0) is 18.6 Å². The Morgan fingerprint density at radius 2 is 1.83 bits per heavy atom. The number of benzene rings is 1. The third kappa shape index (κ3) is 5.66. The van der Waals surface area contributed by atoms with Gasteiger partial charge in [-0.15, -0.1) is 24.8 Å². The van der Waals surface area contributed by atoms with Crippen molar-refractivity contribution in [1.82, 2.24) is 10.2 Å². The van der Waals surface area contributed by atoms with Crippen molar-refractivity contribution in [2.75, 3.05) is 26.2 Å². The maximum absolute atomic E-state index is 13.1. The molecule has 0 aliphatic carbocycles. The fraction of sp³-hybridized carbons (Fsp3) is 0.600. The van der Waals surface area contributed by atoms with E-state index >= 15 is 0 Å². The van der Waals surface area contributed by atoms with E-state index in [1.54, 1.807) is 6.07 Å². The van der Waals surface area contributed by atoms with Crippen molar-refractivity contribution in [3.8, 4) is 5.75 Å². The Kier molecular flexibility index (Phi) is 9.98. The number of aromatic hydroxyl groups is 1. The minimum atomic E-state index is -4.57. The number of nitrogens with one attached hydrogen (secondary N) is 1. The van der Waals surface area contributed by atoms with Crippen molar-refractivity contribution < 1.29 is 18.3 Å². The molecule has 0 bridgehead atoms. The summed E-state index contributed by atoms with van der Waals surface area (Å²) >= 11 is 3.14. The highest BCUT2D eigenvalue weighted by atomic mass is 79.9. The van der Waals surface area contributed by atoms with E-state index in [2.05, 4.69) is 26.1 Å². The van der Waals surface area contributed by atoms with E-state index in [0.29, 0.717) is 16.5 Å². The molecule has 1 aromatic rings. The van der Waals surface area contributed by atoms with Crippen LogP contribution in [0.2, 0.25) is 0 Å². The lowest BCUT2D eigenvalue weighted by atomic mass is 9.96. The van der Waals surface area contributed by atoms with Crippen LogP contribution in [0.3, 0.4) is 0 Å². The number of hydrogen-bond acceptors (Lipinski definition) is 3. The first-order chi connectivity index (χ1) is 10.3. The highest BCUT2D eigenvalue weighted by molar-refractivity contribution is 9.10. The number of phenols is 1. The lowest BCUT2D eigenvalue weighted by Gasteiger charge is -2.36. The van der Waals surface area contributed by atoms with Crippen LogP contribution in [0.1, 0.15) is 36.9 Å². The minimum Gasteiger partial charge on any atom is -0.507 e. The van der Waals surface area contributed by atoms with Gasteiger partial charge in [-0.3, -0.25) is 4.90 Å². The molecule has 1 saturated heterocycles. The summed E-state index contributed by atoms with van der Waals surface area (Å²) in [5.74, 6) is -0.646. The van der Waals surface area contributed by atoms with Crippen LogP contribution in [0.5, 0.6) is 5.75 Å². The van der Waals surface area contributed by atoms with E-state index in [-0.39, 0.29) is 30.9 Å². The molecule has 2 N–H and O–H groups in total. The molecule has 1 aliphatic heterocycles. The van der Waals surface area contributed by atoms with Crippen LogP contribution >= 0.6 is 40.7 Å². The van der Waals surface area contributed by atoms with E-state index in [0.717, 1.165) is 38.7 Å². The summed E-state index contributed by atoms with van der Waals surface area (Å²) in [6.07, 6.45) is -3.02. The van der Waals surface area contributed by atoms with Crippen molar-refractivity contribution in [2.24, 2.45) is 0 Å². The van der Waals surface area contributed by atoms with Gasteiger partial charge in [0.25, 0.3) is 0 Å². The molecule has 1 heterocycles. The SMILES string of the molecule is CCC[C@H](c1cc(Br)cc(C(F)(F)F)c1O)N1CCNCC1.Cl.Cl. The smallest absolute Gasteiger partial charge is 0.420 e. The van der Waals surface area contributed by atoms with Crippen molar-refractivity contribution in [1.29, 1.82) is 0 Å². The van der Waals surface area contributed by atoms with Gasteiger partial charge in [0, 0.05) is 42.3 Å². The molecule has 1 aromatic carbocycles. The van der Waals surface area contributed by atoms with Crippen LogP contribution in [-0.4, -0.2) is 36.2 Å². The highest BCUT2D eigenvalue weighted by Crippen LogP contribution is 2.43. The maximum atomic E-state index is 13.1. The monoisotopic (exact) mass is 452 g/mol. The number of piperazine rings is 1. The number of alkyl halides is 3. The average Bonchev–Trinajstić information content (AvgIpc) is 2.47. The van der Waals surface area contributed by atoms with Gasteiger partial charge in [-0.25, -0.2) is 0 Å². The second-order valence-electron chi connectivity index (χ2n) is 5.48. The van der Waals surface area contributed by atoms with Crippen molar-refractivity contribution in [3.63, 3.8) is 0 Å². The Labute approximate surface area is 160 Å².